The second-order valence-corrected chi connectivity index (χ2v) is 3.76. The van der Waals surface area contributed by atoms with Crippen molar-refractivity contribution in [3.05, 3.63) is 0 Å². The Bertz CT molecular complexity index is 202. The predicted molar refractivity (Wildman–Crippen MR) is 54.9 cm³/mol. The zero-order chi connectivity index (χ0) is 12.6. The fourth-order valence-electron chi connectivity index (χ4n) is 1.48. The average Bonchev–Trinajstić information content (AvgIpc) is 2.15. The third-order valence-corrected chi connectivity index (χ3v) is 2.25. The van der Waals surface area contributed by atoms with Gasteiger partial charge >= 0.3 is 12.1 Å². The predicted octanol–water partition coefficient (Wildman–Crippen LogP) is 3.70. The summed E-state index contributed by atoms with van der Waals surface area (Å²) in [5, 5.41) is 0. The van der Waals surface area contributed by atoms with E-state index >= 15 is 0 Å². The smallest absolute Gasteiger partial charge is 0.389 e. The Morgan fingerprint density at radius 1 is 1.25 bits per heavy atom. The van der Waals surface area contributed by atoms with Crippen molar-refractivity contribution >= 4 is 5.97 Å². The minimum atomic E-state index is -4.30. The second kappa shape index (κ2) is 7.52. The first-order chi connectivity index (χ1) is 7.40. The fraction of sp³-hybridized carbons (Fsp3) is 0.909. The van der Waals surface area contributed by atoms with E-state index in [1.807, 2.05) is 6.92 Å². The van der Waals surface area contributed by atoms with Crippen LogP contribution < -0.4 is 0 Å². The molecule has 0 fully saturated rings. The molecule has 0 aliphatic rings. The summed E-state index contributed by atoms with van der Waals surface area (Å²) in [6, 6.07) is 0. The van der Waals surface area contributed by atoms with Gasteiger partial charge in [0.25, 0.3) is 0 Å². The van der Waals surface area contributed by atoms with Crippen molar-refractivity contribution in [1.29, 1.82) is 0 Å². The molecule has 0 rings (SSSR count). The van der Waals surface area contributed by atoms with E-state index in [0.29, 0.717) is 6.42 Å². The normalized spacial score (nSPS) is 13.6. The van der Waals surface area contributed by atoms with E-state index in [1.54, 1.807) is 6.92 Å². The molecule has 0 aliphatic heterocycles. The average molecular weight is 240 g/mol. The third-order valence-electron chi connectivity index (χ3n) is 2.25. The number of carbonyl (C=O) groups excluding carboxylic acids is 1. The second-order valence-electron chi connectivity index (χ2n) is 3.76. The molecule has 16 heavy (non-hydrogen) atoms. The van der Waals surface area contributed by atoms with Gasteiger partial charge in [-0.3, -0.25) is 4.79 Å². The molecule has 0 saturated heterocycles. The summed E-state index contributed by atoms with van der Waals surface area (Å²) in [4.78, 5) is 11.3. The van der Waals surface area contributed by atoms with E-state index in [0.717, 1.165) is 12.8 Å². The van der Waals surface area contributed by atoms with E-state index in [2.05, 4.69) is 4.74 Å². The lowest BCUT2D eigenvalue weighted by atomic mass is 9.97. The molecule has 0 bridgehead atoms. The first kappa shape index (κ1) is 15.3. The molecule has 0 heterocycles. The van der Waals surface area contributed by atoms with Crippen LogP contribution in [0.4, 0.5) is 13.2 Å². The molecular formula is C11H19F3O2. The monoisotopic (exact) mass is 240 g/mol. The maximum absolute atomic E-state index is 12.2. The van der Waals surface area contributed by atoms with Crippen molar-refractivity contribution in [1.82, 2.24) is 0 Å². The van der Waals surface area contributed by atoms with Crippen molar-refractivity contribution in [3.8, 4) is 0 Å². The summed E-state index contributed by atoms with van der Waals surface area (Å²) >= 11 is 0. The van der Waals surface area contributed by atoms with Crippen molar-refractivity contribution in [2.75, 3.05) is 6.61 Å². The molecule has 96 valence electrons. The summed E-state index contributed by atoms with van der Waals surface area (Å²) in [5.74, 6) is -1.76. The Balaban J connectivity index is 4.21. The van der Waals surface area contributed by atoms with Crippen LogP contribution in [0.25, 0.3) is 0 Å². The molecule has 2 nitrogen and oxygen atoms in total. The van der Waals surface area contributed by atoms with Gasteiger partial charge in [-0.15, -0.1) is 0 Å². The molecule has 0 aliphatic carbocycles. The van der Waals surface area contributed by atoms with Gasteiger partial charge in [-0.2, -0.15) is 13.2 Å². The number of halogens is 3. The number of hydrogen-bond acceptors (Lipinski definition) is 2. The van der Waals surface area contributed by atoms with Crippen LogP contribution in [0.1, 0.15) is 46.0 Å². The molecule has 0 radical (unpaired) electrons. The van der Waals surface area contributed by atoms with Crippen LogP contribution >= 0.6 is 0 Å². The van der Waals surface area contributed by atoms with E-state index in [-0.39, 0.29) is 13.0 Å². The standard InChI is InChI=1S/C11H19F3O2/c1-3-5-6-7-9(8-11(12,13)14)10(15)16-4-2/h9H,3-8H2,1-2H3. The van der Waals surface area contributed by atoms with Crippen LogP contribution in [0.2, 0.25) is 0 Å². The van der Waals surface area contributed by atoms with Crippen LogP contribution in [0.3, 0.4) is 0 Å². The first-order valence-electron chi connectivity index (χ1n) is 5.64. The molecule has 0 aromatic heterocycles. The number of alkyl halides is 3. The minimum Gasteiger partial charge on any atom is -0.466 e. The highest BCUT2D eigenvalue weighted by Gasteiger charge is 2.35. The van der Waals surface area contributed by atoms with Crippen molar-refractivity contribution in [2.45, 2.75) is 52.1 Å². The number of unbranched alkanes of at least 4 members (excludes halogenated alkanes) is 2. The van der Waals surface area contributed by atoms with Gasteiger partial charge in [-0.1, -0.05) is 26.2 Å². The highest BCUT2D eigenvalue weighted by atomic mass is 19.4. The topological polar surface area (TPSA) is 26.3 Å². The van der Waals surface area contributed by atoms with Crippen molar-refractivity contribution in [3.63, 3.8) is 0 Å². The van der Waals surface area contributed by atoms with Crippen LogP contribution in [0.5, 0.6) is 0 Å². The summed E-state index contributed by atoms with van der Waals surface area (Å²) in [5.41, 5.74) is 0. The van der Waals surface area contributed by atoms with E-state index < -0.39 is 24.5 Å². The zero-order valence-corrected chi connectivity index (χ0v) is 9.77. The SMILES string of the molecule is CCCCCC(CC(F)(F)F)C(=O)OCC. The van der Waals surface area contributed by atoms with Crippen LogP contribution in [-0.2, 0) is 9.53 Å². The summed E-state index contributed by atoms with van der Waals surface area (Å²) in [6.07, 6.45) is -2.73. The Kier molecular flexibility index (Phi) is 7.17. The van der Waals surface area contributed by atoms with E-state index in [9.17, 15) is 18.0 Å². The Hall–Kier alpha value is -0.740. The van der Waals surface area contributed by atoms with Gasteiger partial charge in [0.2, 0.25) is 0 Å². The molecule has 1 atom stereocenters. The van der Waals surface area contributed by atoms with Crippen molar-refractivity contribution < 1.29 is 22.7 Å². The molecule has 0 N–H and O–H groups in total. The van der Waals surface area contributed by atoms with Crippen LogP contribution in [0.15, 0.2) is 0 Å². The summed E-state index contributed by atoms with van der Waals surface area (Å²) in [7, 11) is 0. The lowest BCUT2D eigenvalue weighted by Gasteiger charge is -2.16. The molecular weight excluding hydrogens is 221 g/mol. The van der Waals surface area contributed by atoms with Gasteiger partial charge < -0.3 is 4.74 Å². The van der Waals surface area contributed by atoms with Gasteiger partial charge in [-0.05, 0) is 13.3 Å². The molecule has 0 saturated carbocycles. The number of hydrogen-bond donors (Lipinski definition) is 0. The maximum Gasteiger partial charge on any atom is 0.389 e. The van der Waals surface area contributed by atoms with Gasteiger partial charge in [0, 0.05) is 0 Å². The minimum absolute atomic E-state index is 0.126. The van der Waals surface area contributed by atoms with E-state index in [1.165, 1.54) is 0 Å². The number of carbonyl (C=O) groups is 1. The van der Waals surface area contributed by atoms with E-state index in [4.69, 9.17) is 0 Å². The summed E-state index contributed by atoms with van der Waals surface area (Å²) in [6.45, 7) is 3.68. The highest BCUT2D eigenvalue weighted by Crippen LogP contribution is 2.28. The fourth-order valence-corrected chi connectivity index (χ4v) is 1.48. The van der Waals surface area contributed by atoms with Gasteiger partial charge in [0.1, 0.15) is 0 Å². The number of esters is 1. The quantitative estimate of drug-likeness (QED) is 0.501. The van der Waals surface area contributed by atoms with Crippen LogP contribution in [0, 0.1) is 5.92 Å². The van der Waals surface area contributed by atoms with Gasteiger partial charge in [0.05, 0.1) is 18.9 Å². The van der Waals surface area contributed by atoms with Gasteiger partial charge in [-0.25, -0.2) is 0 Å². The summed E-state index contributed by atoms with van der Waals surface area (Å²) < 4.78 is 41.3. The third kappa shape index (κ3) is 7.54. The van der Waals surface area contributed by atoms with Gasteiger partial charge in [0.15, 0.2) is 0 Å². The molecule has 5 heteroatoms. The lowest BCUT2D eigenvalue weighted by molar-refractivity contribution is -0.168. The first-order valence-corrected chi connectivity index (χ1v) is 5.64. The number of rotatable bonds is 7. The molecule has 0 amide bonds. The molecule has 0 spiro atoms. The molecule has 0 aromatic rings. The molecule has 1 unspecified atom stereocenters. The lowest BCUT2D eigenvalue weighted by Crippen LogP contribution is -2.24. The molecule has 0 aromatic carbocycles. The maximum atomic E-state index is 12.2. The Labute approximate surface area is 94.2 Å². The number of ether oxygens (including phenoxy) is 1. The Morgan fingerprint density at radius 3 is 2.31 bits per heavy atom. The Morgan fingerprint density at radius 2 is 1.88 bits per heavy atom. The van der Waals surface area contributed by atoms with Crippen molar-refractivity contribution in [2.24, 2.45) is 5.92 Å². The largest absolute Gasteiger partial charge is 0.466 e. The van der Waals surface area contributed by atoms with Crippen LogP contribution in [-0.4, -0.2) is 18.8 Å². The zero-order valence-electron chi connectivity index (χ0n) is 9.77. The highest BCUT2D eigenvalue weighted by molar-refractivity contribution is 5.72.